The lowest BCUT2D eigenvalue weighted by atomic mass is 10.1. The van der Waals surface area contributed by atoms with Gasteiger partial charge >= 0.3 is 6.03 Å². The van der Waals surface area contributed by atoms with Crippen LogP contribution in [0.4, 0.5) is 10.7 Å². The standard InChI is InChI=1S/C17H22ClN5O/c1-12-9-15(22-16(21-12)23(2)3)11-20-17(24)19-8-7-13-5-4-6-14(18)10-13/h4-6,9-10H,7-8,11H2,1-3H3,(H2,19,20,24). The van der Waals surface area contributed by atoms with Crippen molar-refractivity contribution < 1.29 is 4.79 Å². The summed E-state index contributed by atoms with van der Waals surface area (Å²) < 4.78 is 0. The average molecular weight is 348 g/mol. The van der Waals surface area contributed by atoms with Crippen molar-refractivity contribution in [1.29, 1.82) is 0 Å². The molecule has 1 aromatic carbocycles. The van der Waals surface area contributed by atoms with Crippen LogP contribution in [0.5, 0.6) is 0 Å². The summed E-state index contributed by atoms with van der Waals surface area (Å²) >= 11 is 5.94. The Hall–Kier alpha value is -2.34. The van der Waals surface area contributed by atoms with Gasteiger partial charge in [-0.2, -0.15) is 0 Å². The number of nitrogens with one attached hydrogen (secondary N) is 2. The summed E-state index contributed by atoms with van der Waals surface area (Å²) in [7, 11) is 3.77. The number of aromatic nitrogens is 2. The fraction of sp³-hybridized carbons (Fsp3) is 0.353. The molecule has 24 heavy (non-hydrogen) atoms. The second-order valence-corrected chi connectivity index (χ2v) is 6.12. The number of halogens is 1. The van der Waals surface area contributed by atoms with Gasteiger partial charge in [0.25, 0.3) is 0 Å². The van der Waals surface area contributed by atoms with Crippen molar-refractivity contribution in [3.63, 3.8) is 0 Å². The topological polar surface area (TPSA) is 70.2 Å². The summed E-state index contributed by atoms with van der Waals surface area (Å²) in [4.78, 5) is 22.4. The van der Waals surface area contributed by atoms with Crippen molar-refractivity contribution in [1.82, 2.24) is 20.6 Å². The second kappa shape index (κ2) is 8.49. The van der Waals surface area contributed by atoms with Crippen LogP contribution in [0.15, 0.2) is 30.3 Å². The van der Waals surface area contributed by atoms with E-state index in [9.17, 15) is 4.79 Å². The Morgan fingerprint density at radius 1 is 1.21 bits per heavy atom. The summed E-state index contributed by atoms with van der Waals surface area (Å²) in [5.74, 6) is 0.633. The molecule has 7 heteroatoms. The van der Waals surface area contributed by atoms with Gasteiger partial charge in [0.1, 0.15) is 0 Å². The van der Waals surface area contributed by atoms with Gasteiger partial charge in [-0.3, -0.25) is 0 Å². The lowest BCUT2D eigenvalue weighted by Gasteiger charge is -2.13. The second-order valence-electron chi connectivity index (χ2n) is 5.68. The summed E-state index contributed by atoms with van der Waals surface area (Å²) in [5, 5.41) is 6.33. The third kappa shape index (κ3) is 5.70. The number of carbonyl (C=O) groups excluding carboxylic acids is 1. The quantitative estimate of drug-likeness (QED) is 0.842. The van der Waals surface area contributed by atoms with Crippen LogP contribution in [-0.4, -0.2) is 36.6 Å². The molecule has 0 aliphatic rings. The van der Waals surface area contributed by atoms with Gasteiger partial charge in [-0.15, -0.1) is 0 Å². The molecule has 128 valence electrons. The number of anilines is 1. The fourth-order valence-corrected chi connectivity index (χ4v) is 2.37. The van der Waals surface area contributed by atoms with Crippen molar-refractivity contribution in [2.45, 2.75) is 19.9 Å². The first kappa shape index (κ1) is 18.0. The smallest absolute Gasteiger partial charge is 0.315 e. The maximum atomic E-state index is 11.9. The van der Waals surface area contributed by atoms with Crippen LogP contribution in [-0.2, 0) is 13.0 Å². The molecule has 2 aromatic rings. The van der Waals surface area contributed by atoms with Gasteiger partial charge in [-0.05, 0) is 37.1 Å². The Bertz CT molecular complexity index is 705. The molecule has 0 spiro atoms. The highest BCUT2D eigenvalue weighted by molar-refractivity contribution is 6.30. The Morgan fingerprint density at radius 3 is 2.71 bits per heavy atom. The highest BCUT2D eigenvalue weighted by Crippen LogP contribution is 2.10. The SMILES string of the molecule is Cc1cc(CNC(=O)NCCc2cccc(Cl)c2)nc(N(C)C)n1. The number of hydrogen-bond donors (Lipinski definition) is 2. The van der Waals surface area contributed by atoms with Gasteiger partial charge in [-0.1, -0.05) is 23.7 Å². The van der Waals surface area contributed by atoms with E-state index in [-0.39, 0.29) is 6.03 Å². The zero-order valence-electron chi connectivity index (χ0n) is 14.1. The molecule has 0 atom stereocenters. The van der Waals surface area contributed by atoms with Crippen molar-refractivity contribution in [2.75, 3.05) is 25.5 Å². The van der Waals surface area contributed by atoms with Crippen molar-refractivity contribution in [2.24, 2.45) is 0 Å². The van der Waals surface area contributed by atoms with Crippen molar-refractivity contribution in [3.8, 4) is 0 Å². The van der Waals surface area contributed by atoms with Crippen LogP contribution in [0.2, 0.25) is 5.02 Å². The minimum Gasteiger partial charge on any atom is -0.347 e. The van der Waals surface area contributed by atoms with Crippen LogP contribution in [0.25, 0.3) is 0 Å². The van der Waals surface area contributed by atoms with E-state index >= 15 is 0 Å². The zero-order chi connectivity index (χ0) is 17.5. The van der Waals surface area contributed by atoms with Crippen LogP contribution in [0.1, 0.15) is 17.0 Å². The monoisotopic (exact) mass is 347 g/mol. The summed E-state index contributed by atoms with van der Waals surface area (Å²) in [6, 6.07) is 9.25. The molecule has 2 rings (SSSR count). The first-order chi connectivity index (χ1) is 11.4. The van der Waals surface area contributed by atoms with E-state index in [1.807, 2.05) is 56.3 Å². The van der Waals surface area contributed by atoms with Crippen LogP contribution in [0.3, 0.4) is 0 Å². The maximum absolute atomic E-state index is 11.9. The van der Waals surface area contributed by atoms with Crippen LogP contribution in [0, 0.1) is 6.92 Å². The molecule has 0 saturated heterocycles. The first-order valence-electron chi connectivity index (χ1n) is 7.72. The Morgan fingerprint density at radius 2 is 2.00 bits per heavy atom. The fourth-order valence-electron chi connectivity index (χ4n) is 2.15. The molecular formula is C17H22ClN5O. The lowest BCUT2D eigenvalue weighted by molar-refractivity contribution is 0.240. The first-order valence-corrected chi connectivity index (χ1v) is 8.10. The van der Waals surface area contributed by atoms with Gasteiger partial charge in [0, 0.05) is 31.4 Å². The Balaban J connectivity index is 1.79. The van der Waals surface area contributed by atoms with Crippen LogP contribution >= 0.6 is 11.6 Å². The predicted molar refractivity (Wildman–Crippen MR) is 96.5 cm³/mol. The minimum atomic E-state index is -0.223. The number of carbonyl (C=O) groups is 1. The third-order valence-electron chi connectivity index (χ3n) is 3.31. The van der Waals surface area contributed by atoms with Gasteiger partial charge in [0.15, 0.2) is 0 Å². The summed E-state index contributed by atoms with van der Waals surface area (Å²) in [6.45, 7) is 2.80. The molecule has 0 aliphatic heterocycles. The van der Waals surface area contributed by atoms with Gasteiger partial charge in [0.05, 0.1) is 12.2 Å². The molecule has 0 fully saturated rings. The van der Waals surface area contributed by atoms with E-state index in [2.05, 4.69) is 20.6 Å². The van der Waals surface area contributed by atoms with E-state index in [1.165, 1.54) is 0 Å². The molecule has 1 aromatic heterocycles. The predicted octanol–water partition coefficient (Wildman–Crippen LogP) is 2.55. The molecule has 2 amide bonds. The third-order valence-corrected chi connectivity index (χ3v) is 3.55. The lowest BCUT2D eigenvalue weighted by Crippen LogP contribution is -2.36. The summed E-state index contributed by atoms with van der Waals surface area (Å²) in [6.07, 6.45) is 0.728. The number of benzene rings is 1. The molecule has 0 bridgehead atoms. The number of urea groups is 1. The number of hydrogen-bond acceptors (Lipinski definition) is 4. The molecular weight excluding hydrogens is 326 g/mol. The molecule has 0 aliphatic carbocycles. The van der Waals surface area contributed by atoms with Crippen molar-refractivity contribution >= 4 is 23.6 Å². The largest absolute Gasteiger partial charge is 0.347 e. The van der Waals surface area contributed by atoms with Gasteiger partial charge < -0.3 is 15.5 Å². The normalized spacial score (nSPS) is 10.3. The van der Waals surface area contributed by atoms with E-state index in [4.69, 9.17) is 11.6 Å². The molecule has 0 saturated carbocycles. The average Bonchev–Trinajstić information content (AvgIpc) is 2.52. The number of nitrogens with zero attached hydrogens (tertiary/aromatic N) is 3. The van der Waals surface area contributed by atoms with E-state index in [0.29, 0.717) is 24.1 Å². The number of amides is 2. The molecule has 0 radical (unpaired) electrons. The number of aryl methyl sites for hydroxylation is 1. The molecule has 0 unspecified atom stereocenters. The number of rotatable bonds is 6. The molecule has 6 nitrogen and oxygen atoms in total. The Labute approximate surface area is 147 Å². The van der Waals surface area contributed by atoms with Gasteiger partial charge in [0.2, 0.25) is 5.95 Å². The maximum Gasteiger partial charge on any atom is 0.315 e. The summed E-state index contributed by atoms with van der Waals surface area (Å²) in [5.41, 5.74) is 2.73. The highest BCUT2D eigenvalue weighted by atomic mass is 35.5. The van der Waals surface area contributed by atoms with Gasteiger partial charge in [-0.25, -0.2) is 14.8 Å². The minimum absolute atomic E-state index is 0.223. The molecule has 2 N–H and O–H groups in total. The van der Waals surface area contributed by atoms with E-state index in [0.717, 1.165) is 23.4 Å². The highest BCUT2D eigenvalue weighted by Gasteiger charge is 2.06. The zero-order valence-corrected chi connectivity index (χ0v) is 14.9. The van der Waals surface area contributed by atoms with E-state index < -0.39 is 0 Å². The van der Waals surface area contributed by atoms with Crippen LogP contribution < -0.4 is 15.5 Å². The van der Waals surface area contributed by atoms with E-state index in [1.54, 1.807) is 0 Å². The van der Waals surface area contributed by atoms with Crippen molar-refractivity contribution in [3.05, 3.63) is 52.3 Å². The molecule has 1 heterocycles. The Kier molecular flexibility index (Phi) is 6.37.